The summed E-state index contributed by atoms with van der Waals surface area (Å²) in [7, 11) is 1.59. The van der Waals surface area contributed by atoms with Crippen molar-refractivity contribution in [1.29, 1.82) is 0 Å². The lowest BCUT2D eigenvalue weighted by atomic mass is 10.0. The van der Waals surface area contributed by atoms with E-state index in [4.69, 9.17) is 10.5 Å². The van der Waals surface area contributed by atoms with E-state index in [2.05, 4.69) is 0 Å². The summed E-state index contributed by atoms with van der Waals surface area (Å²) in [5, 5.41) is 0. The number of methoxy groups -OCH3 is 1. The molecule has 2 N–H and O–H groups in total. The third-order valence-electron chi connectivity index (χ3n) is 2.55. The smallest absolute Gasteiger partial charge is 0.123 e. The predicted molar refractivity (Wildman–Crippen MR) is 59.5 cm³/mol. The van der Waals surface area contributed by atoms with Gasteiger partial charge in [0.15, 0.2) is 0 Å². The number of hydrogen-bond donors (Lipinski definition) is 1. The van der Waals surface area contributed by atoms with Gasteiger partial charge in [0.25, 0.3) is 0 Å². The second-order valence-electron chi connectivity index (χ2n) is 3.66. The van der Waals surface area contributed by atoms with Gasteiger partial charge in [-0.3, -0.25) is 0 Å². The van der Waals surface area contributed by atoms with E-state index in [1.807, 2.05) is 6.92 Å². The maximum absolute atomic E-state index is 13.0. The molecule has 15 heavy (non-hydrogen) atoms. The molecule has 0 bridgehead atoms. The molecule has 0 aromatic heterocycles. The largest absolute Gasteiger partial charge is 0.496 e. The first kappa shape index (κ1) is 12.0. The molecule has 0 radical (unpaired) electrons. The monoisotopic (exact) mass is 211 g/mol. The van der Waals surface area contributed by atoms with Crippen LogP contribution in [0.2, 0.25) is 0 Å². The molecule has 84 valence electrons. The number of aryl methyl sites for hydroxylation is 1. The topological polar surface area (TPSA) is 35.2 Å². The highest BCUT2D eigenvalue weighted by Crippen LogP contribution is 2.21. The van der Waals surface area contributed by atoms with E-state index < -0.39 is 0 Å². The second kappa shape index (κ2) is 5.71. The fourth-order valence-electron chi connectivity index (χ4n) is 1.49. The zero-order valence-corrected chi connectivity index (χ0v) is 9.29. The molecule has 3 heteroatoms. The molecule has 1 atom stereocenters. The maximum Gasteiger partial charge on any atom is 0.123 e. The van der Waals surface area contributed by atoms with Crippen molar-refractivity contribution in [3.63, 3.8) is 0 Å². The first-order chi connectivity index (χ1) is 7.17. The molecule has 0 aliphatic rings. The fourth-order valence-corrected chi connectivity index (χ4v) is 1.49. The first-order valence-electron chi connectivity index (χ1n) is 5.25. The Morgan fingerprint density at radius 3 is 2.80 bits per heavy atom. The molecule has 1 unspecified atom stereocenters. The molecule has 0 aliphatic heterocycles. The molecule has 0 saturated carbocycles. The molecule has 0 amide bonds. The van der Waals surface area contributed by atoms with Gasteiger partial charge >= 0.3 is 0 Å². The summed E-state index contributed by atoms with van der Waals surface area (Å²) in [6.07, 6.45) is 2.56. The van der Waals surface area contributed by atoms with Gasteiger partial charge in [-0.25, -0.2) is 4.39 Å². The Labute approximate surface area is 90.2 Å². The average molecular weight is 211 g/mol. The SMILES string of the molecule is CCC(N)CCc1cc(F)ccc1OC. The molecule has 0 aliphatic carbocycles. The van der Waals surface area contributed by atoms with E-state index in [0.717, 1.165) is 30.6 Å². The number of hydrogen-bond acceptors (Lipinski definition) is 2. The van der Waals surface area contributed by atoms with Crippen molar-refractivity contribution in [2.24, 2.45) is 5.73 Å². The van der Waals surface area contributed by atoms with Gasteiger partial charge in [-0.2, -0.15) is 0 Å². The molecule has 0 saturated heterocycles. The van der Waals surface area contributed by atoms with Gasteiger partial charge in [0, 0.05) is 6.04 Å². The van der Waals surface area contributed by atoms with Crippen molar-refractivity contribution in [2.45, 2.75) is 32.2 Å². The molecule has 1 aromatic carbocycles. The van der Waals surface area contributed by atoms with Crippen LogP contribution in [0.4, 0.5) is 4.39 Å². The van der Waals surface area contributed by atoms with E-state index in [1.165, 1.54) is 12.1 Å². The molecule has 1 aromatic rings. The van der Waals surface area contributed by atoms with Gasteiger partial charge in [-0.05, 0) is 43.0 Å². The van der Waals surface area contributed by atoms with Crippen LogP contribution < -0.4 is 10.5 Å². The van der Waals surface area contributed by atoms with Crippen LogP contribution in [0, 0.1) is 5.82 Å². The van der Waals surface area contributed by atoms with Gasteiger partial charge < -0.3 is 10.5 Å². The Bertz CT molecular complexity index is 314. The Hall–Kier alpha value is -1.09. The summed E-state index contributed by atoms with van der Waals surface area (Å²) in [6.45, 7) is 2.05. The first-order valence-corrected chi connectivity index (χ1v) is 5.25. The Balaban J connectivity index is 2.69. The van der Waals surface area contributed by atoms with Crippen molar-refractivity contribution in [1.82, 2.24) is 0 Å². The van der Waals surface area contributed by atoms with E-state index in [-0.39, 0.29) is 11.9 Å². The lowest BCUT2D eigenvalue weighted by Crippen LogP contribution is -2.19. The van der Waals surface area contributed by atoms with E-state index >= 15 is 0 Å². The van der Waals surface area contributed by atoms with Crippen molar-refractivity contribution >= 4 is 0 Å². The summed E-state index contributed by atoms with van der Waals surface area (Å²) < 4.78 is 18.2. The van der Waals surface area contributed by atoms with Gasteiger partial charge in [0.1, 0.15) is 11.6 Å². The van der Waals surface area contributed by atoms with Crippen molar-refractivity contribution in [2.75, 3.05) is 7.11 Å². The van der Waals surface area contributed by atoms with Crippen LogP contribution in [0.25, 0.3) is 0 Å². The van der Waals surface area contributed by atoms with Crippen LogP contribution in [-0.2, 0) is 6.42 Å². The minimum absolute atomic E-state index is 0.179. The molecule has 0 spiro atoms. The van der Waals surface area contributed by atoms with Crippen molar-refractivity contribution < 1.29 is 9.13 Å². The molecule has 1 rings (SSSR count). The van der Waals surface area contributed by atoms with Gasteiger partial charge in [-0.15, -0.1) is 0 Å². The second-order valence-corrected chi connectivity index (χ2v) is 3.66. The van der Waals surface area contributed by atoms with E-state index in [9.17, 15) is 4.39 Å². The Morgan fingerprint density at radius 1 is 1.47 bits per heavy atom. The number of ether oxygens (including phenoxy) is 1. The van der Waals surface area contributed by atoms with E-state index in [1.54, 1.807) is 13.2 Å². The highest BCUT2D eigenvalue weighted by Gasteiger charge is 2.06. The number of benzene rings is 1. The molecular weight excluding hydrogens is 193 g/mol. The van der Waals surface area contributed by atoms with Crippen molar-refractivity contribution in [3.05, 3.63) is 29.6 Å². The lowest BCUT2D eigenvalue weighted by molar-refractivity contribution is 0.406. The molecular formula is C12H18FNO. The average Bonchev–Trinajstić information content (AvgIpc) is 2.26. The number of rotatable bonds is 5. The quantitative estimate of drug-likeness (QED) is 0.812. The fraction of sp³-hybridized carbons (Fsp3) is 0.500. The van der Waals surface area contributed by atoms with Crippen LogP contribution >= 0.6 is 0 Å². The third-order valence-corrected chi connectivity index (χ3v) is 2.55. The van der Waals surface area contributed by atoms with Crippen LogP contribution in [-0.4, -0.2) is 13.2 Å². The minimum Gasteiger partial charge on any atom is -0.496 e. The Morgan fingerprint density at radius 2 is 2.20 bits per heavy atom. The third kappa shape index (κ3) is 3.51. The van der Waals surface area contributed by atoms with Crippen LogP contribution in [0.3, 0.4) is 0 Å². The van der Waals surface area contributed by atoms with Crippen molar-refractivity contribution in [3.8, 4) is 5.75 Å². The highest BCUT2D eigenvalue weighted by molar-refractivity contribution is 5.34. The summed E-state index contributed by atoms with van der Waals surface area (Å²) in [5.74, 6) is 0.510. The molecule has 0 fully saturated rings. The molecule has 2 nitrogen and oxygen atoms in total. The summed E-state index contributed by atoms with van der Waals surface area (Å²) in [5.41, 5.74) is 6.71. The highest BCUT2D eigenvalue weighted by atomic mass is 19.1. The lowest BCUT2D eigenvalue weighted by Gasteiger charge is -2.11. The maximum atomic E-state index is 13.0. The van der Waals surface area contributed by atoms with Crippen LogP contribution in [0.15, 0.2) is 18.2 Å². The minimum atomic E-state index is -0.226. The zero-order chi connectivity index (χ0) is 11.3. The van der Waals surface area contributed by atoms with E-state index in [0.29, 0.717) is 0 Å². The molecule has 0 heterocycles. The normalized spacial score (nSPS) is 12.5. The standard InChI is InChI=1S/C12H18FNO/c1-3-11(14)6-4-9-8-10(13)5-7-12(9)15-2/h5,7-8,11H,3-4,6,14H2,1-2H3. The zero-order valence-electron chi connectivity index (χ0n) is 9.29. The Kier molecular flexibility index (Phi) is 4.56. The summed E-state index contributed by atoms with van der Waals surface area (Å²) in [4.78, 5) is 0. The van der Waals surface area contributed by atoms with Crippen LogP contribution in [0.5, 0.6) is 5.75 Å². The van der Waals surface area contributed by atoms with Gasteiger partial charge in [0.2, 0.25) is 0 Å². The predicted octanol–water partition coefficient (Wildman–Crippen LogP) is 2.50. The van der Waals surface area contributed by atoms with Crippen LogP contribution in [0.1, 0.15) is 25.3 Å². The summed E-state index contributed by atoms with van der Waals surface area (Å²) in [6, 6.07) is 4.75. The number of halogens is 1. The number of nitrogens with two attached hydrogens (primary N) is 1. The summed E-state index contributed by atoms with van der Waals surface area (Å²) >= 11 is 0. The van der Waals surface area contributed by atoms with Gasteiger partial charge in [-0.1, -0.05) is 6.92 Å². The van der Waals surface area contributed by atoms with Gasteiger partial charge in [0.05, 0.1) is 7.11 Å².